The first-order valence-electron chi connectivity index (χ1n) is 13.8. The minimum absolute atomic E-state index is 0.247. The number of halogens is 1. The molecule has 0 radical (unpaired) electrons. The van der Waals surface area contributed by atoms with E-state index in [1.807, 2.05) is 0 Å². The first-order valence-corrected chi connectivity index (χ1v) is 14.2. The number of unbranched alkanes of at least 4 members (excludes halogenated alkanes) is 6. The standard InChI is InChI=1S/C16H20O5.C13H18O4.C3H3ClO/c1-2-15(17)21-12-6-4-3-5-11-20-14-9-7-13(8-10-14)16(18)19;14-9-3-1-2-4-10-17-12-7-5-11(6-8-12)13(15)16;1-2-3(4)5/h2,7-10H,1,3-6,11-12H2,(H,18,19);5-8,14H,1-4,9-10H2,(H,15,16);2H,1H2. The van der Waals surface area contributed by atoms with Crippen LogP contribution in [0.15, 0.2) is 73.8 Å². The summed E-state index contributed by atoms with van der Waals surface area (Å²) >= 11 is 4.71. The molecule has 0 aliphatic heterocycles. The van der Waals surface area contributed by atoms with Gasteiger partial charge in [0.1, 0.15) is 11.5 Å². The Morgan fingerprint density at radius 1 is 0.628 bits per heavy atom. The molecule has 0 fully saturated rings. The smallest absolute Gasteiger partial charge is 0.335 e. The molecule has 2 rings (SSSR count). The van der Waals surface area contributed by atoms with Gasteiger partial charge in [0.15, 0.2) is 0 Å². The molecule has 43 heavy (non-hydrogen) atoms. The van der Waals surface area contributed by atoms with E-state index in [1.54, 1.807) is 24.3 Å². The lowest BCUT2D eigenvalue weighted by atomic mass is 10.2. The van der Waals surface area contributed by atoms with Gasteiger partial charge in [0.05, 0.1) is 30.9 Å². The van der Waals surface area contributed by atoms with E-state index in [4.69, 9.17) is 41.1 Å². The maximum atomic E-state index is 10.8. The number of aliphatic hydroxyl groups is 1. The molecule has 0 saturated carbocycles. The zero-order chi connectivity index (χ0) is 32.3. The molecule has 3 N–H and O–H groups in total. The molecule has 0 spiro atoms. The average Bonchev–Trinajstić information content (AvgIpc) is 3.01. The van der Waals surface area contributed by atoms with Crippen LogP contribution < -0.4 is 9.47 Å². The third kappa shape index (κ3) is 22.2. The highest BCUT2D eigenvalue weighted by molar-refractivity contribution is 6.66. The van der Waals surface area contributed by atoms with Gasteiger partial charge in [-0.3, -0.25) is 4.79 Å². The van der Waals surface area contributed by atoms with Crippen molar-refractivity contribution >= 4 is 34.8 Å². The number of allylic oxidation sites excluding steroid dienone is 1. The van der Waals surface area contributed by atoms with Crippen molar-refractivity contribution in [2.75, 3.05) is 26.4 Å². The van der Waals surface area contributed by atoms with Gasteiger partial charge >= 0.3 is 17.9 Å². The van der Waals surface area contributed by atoms with Gasteiger partial charge in [0.2, 0.25) is 5.24 Å². The van der Waals surface area contributed by atoms with E-state index in [9.17, 15) is 19.2 Å². The highest BCUT2D eigenvalue weighted by Gasteiger charge is 2.03. The Balaban J connectivity index is 0.000000720. The van der Waals surface area contributed by atoms with E-state index in [1.165, 1.54) is 24.3 Å². The minimum atomic E-state index is -0.946. The van der Waals surface area contributed by atoms with Gasteiger partial charge in [-0.2, -0.15) is 0 Å². The summed E-state index contributed by atoms with van der Waals surface area (Å²) in [7, 11) is 0. The number of ether oxygens (including phenoxy) is 3. The Kier molecular flexibility index (Phi) is 23.1. The number of carbonyl (C=O) groups is 4. The molecular formula is C32H41ClO10. The van der Waals surface area contributed by atoms with Crippen molar-refractivity contribution < 1.29 is 48.7 Å². The summed E-state index contributed by atoms with van der Waals surface area (Å²) in [4.78, 5) is 41.5. The monoisotopic (exact) mass is 620 g/mol. The molecule has 0 bridgehead atoms. The van der Waals surface area contributed by atoms with Crippen molar-refractivity contribution in [3.05, 3.63) is 85.0 Å². The van der Waals surface area contributed by atoms with Crippen LogP contribution in [0, 0.1) is 0 Å². The molecule has 0 amide bonds. The quantitative estimate of drug-likeness (QED) is 0.0704. The Labute approximate surface area is 257 Å². The summed E-state index contributed by atoms with van der Waals surface area (Å²) in [6, 6.07) is 12.7. The van der Waals surface area contributed by atoms with Gasteiger partial charge in [-0.15, -0.1) is 0 Å². The van der Waals surface area contributed by atoms with Crippen LogP contribution in [0.5, 0.6) is 11.5 Å². The highest BCUT2D eigenvalue weighted by Crippen LogP contribution is 2.14. The number of hydrogen-bond acceptors (Lipinski definition) is 8. The number of aromatic carboxylic acids is 2. The van der Waals surface area contributed by atoms with Gasteiger partial charge in [-0.1, -0.05) is 19.6 Å². The number of carbonyl (C=O) groups excluding carboxylic acids is 2. The fraction of sp³-hybridized carbons (Fsp3) is 0.375. The summed E-state index contributed by atoms with van der Waals surface area (Å²) in [6.45, 7) is 8.27. The third-order valence-corrected chi connectivity index (χ3v) is 5.56. The molecule has 0 atom stereocenters. The minimum Gasteiger partial charge on any atom is -0.494 e. The molecule has 0 unspecified atom stereocenters. The Hall–Kier alpha value is -4.15. The van der Waals surface area contributed by atoms with Crippen LogP contribution in [0.3, 0.4) is 0 Å². The van der Waals surface area contributed by atoms with Crippen LogP contribution in [-0.4, -0.2) is 64.9 Å². The normalized spacial score (nSPS) is 9.63. The number of esters is 1. The van der Waals surface area contributed by atoms with Crippen LogP contribution in [0.2, 0.25) is 0 Å². The molecule has 2 aromatic rings. The Bertz CT molecular complexity index is 1100. The van der Waals surface area contributed by atoms with Crippen LogP contribution in [0.4, 0.5) is 0 Å². The molecule has 11 heteroatoms. The second-order valence-electron chi connectivity index (χ2n) is 8.79. The predicted molar refractivity (Wildman–Crippen MR) is 164 cm³/mol. The largest absolute Gasteiger partial charge is 0.494 e. The molecule has 0 aliphatic rings. The lowest BCUT2D eigenvalue weighted by Gasteiger charge is -2.06. The van der Waals surface area contributed by atoms with Crippen LogP contribution >= 0.6 is 11.6 Å². The van der Waals surface area contributed by atoms with E-state index in [2.05, 4.69) is 13.2 Å². The lowest BCUT2D eigenvalue weighted by Crippen LogP contribution is -2.02. The van der Waals surface area contributed by atoms with Crippen molar-refractivity contribution in [3.63, 3.8) is 0 Å². The number of benzene rings is 2. The van der Waals surface area contributed by atoms with E-state index in [-0.39, 0.29) is 23.7 Å². The number of carboxylic acid groups (broad SMARTS) is 2. The molecule has 236 valence electrons. The summed E-state index contributed by atoms with van der Waals surface area (Å²) in [5.74, 6) is -0.903. The Morgan fingerprint density at radius 3 is 1.33 bits per heavy atom. The molecule has 0 aromatic heterocycles. The van der Waals surface area contributed by atoms with Gasteiger partial charge in [-0.05, 0) is 111 Å². The first kappa shape index (κ1) is 38.9. The summed E-state index contributed by atoms with van der Waals surface area (Å²) in [6.07, 6.45) is 9.71. The highest BCUT2D eigenvalue weighted by atomic mass is 35.5. The lowest BCUT2D eigenvalue weighted by molar-refractivity contribution is -0.137. The second kappa shape index (κ2) is 25.6. The first-order chi connectivity index (χ1) is 20.6. The van der Waals surface area contributed by atoms with E-state index < -0.39 is 17.2 Å². The van der Waals surface area contributed by atoms with Gasteiger partial charge in [0.25, 0.3) is 0 Å². The maximum absolute atomic E-state index is 10.8. The van der Waals surface area contributed by atoms with E-state index in [0.29, 0.717) is 31.3 Å². The number of aliphatic hydroxyl groups excluding tert-OH is 1. The van der Waals surface area contributed by atoms with Crippen LogP contribution in [-0.2, 0) is 14.3 Å². The number of hydrogen-bond donors (Lipinski definition) is 3. The van der Waals surface area contributed by atoms with Crippen molar-refractivity contribution in [1.29, 1.82) is 0 Å². The van der Waals surface area contributed by atoms with Gasteiger partial charge in [-0.25, -0.2) is 14.4 Å². The average molecular weight is 621 g/mol. The van der Waals surface area contributed by atoms with Crippen molar-refractivity contribution in [2.45, 2.75) is 51.4 Å². The molecule has 10 nitrogen and oxygen atoms in total. The molecule has 0 heterocycles. The van der Waals surface area contributed by atoms with E-state index >= 15 is 0 Å². The zero-order valence-electron chi connectivity index (χ0n) is 24.3. The van der Waals surface area contributed by atoms with E-state index in [0.717, 1.165) is 63.5 Å². The molecule has 2 aromatic carbocycles. The topological polar surface area (TPSA) is 157 Å². The van der Waals surface area contributed by atoms with Crippen molar-refractivity contribution in [2.24, 2.45) is 0 Å². The Morgan fingerprint density at radius 2 is 1.00 bits per heavy atom. The van der Waals surface area contributed by atoms with Crippen LogP contribution in [0.1, 0.15) is 72.1 Å². The number of carboxylic acids is 2. The predicted octanol–water partition coefficient (Wildman–Crippen LogP) is 6.31. The van der Waals surface area contributed by atoms with Gasteiger partial charge < -0.3 is 29.5 Å². The third-order valence-electron chi connectivity index (χ3n) is 5.40. The maximum Gasteiger partial charge on any atom is 0.335 e. The fourth-order valence-corrected chi connectivity index (χ4v) is 3.12. The second-order valence-corrected chi connectivity index (χ2v) is 9.16. The summed E-state index contributed by atoms with van der Waals surface area (Å²) < 4.78 is 15.8. The van der Waals surface area contributed by atoms with Gasteiger partial charge in [0, 0.05) is 12.7 Å². The summed E-state index contributed by atoms with van der Waals surface area (Å²) in [5, 5.41) is 25.6. The fourth-order valence-electron chi connectivity index (χ4n) is 3.12. The van der Waals surface area contributed by atoms with Crippen molar-refractivity contribution in [1.82, 2.24) is 0 Å². The molecular weight excluding hydrogens is 580 g/mol. The van der Waals surface area contributed by atoms with Crippen molar-refractivity contribution in [3.8, 4) is 11.5 Å². The zero-order valence-corrected chi connectivity index (χ0v) is 25.0. The van der Waals surface area contributed by atoms with Crippen LogP contribution in [0.25, 0.3) is 0 Å². The molecule has 0 saturated heterocycles. The molecule has 0 aliphatic carbocycles. The number of rotatable bonds is 19. The summed E-state index contributed by atoms with van der Waals surface area (Å²) in [5.41, 5.74) is 0.511. The SMILES string of the molecule is C=CC(=O)Cl.C=CC(=O)OCCCCCCOc1ccc(C(=O)O)cc1.O=C(O)c1ccc(OCCCCCCO)cc1.